The Morgan fingerprint density at radius 2 is 2.05 bits per heavy atom. The molecule has 0 radical (unpaired) electrons. The number of nitrogens with one attached hydrogen (secondary N) is 1. The lowest BCUT2D eigenvalue weighted by molar-refractivity contribution is 0.0596. The molecule has 20 heavy (non-hydrogen) atoms. The molecule has 1 saturated carbocycles. The lowest BCUT2D eigenvalue weighted by Gasteiger charge is -2.12. The lowest BCUT2D eigenvalue weighted by atomic mass is 10.1. The number of carbonyl (C=O) groups excluding carboxylic acids is 1. The summed E-state index contributed by atoms with van der Waals surface area (Å²) in [6.45, 7) is 2.18. The molecule has 0 unspecified atom stereocenters. The smallest absolute Gasteiger partial charge is 0.338 e. The molecule has 1 aliphatic carbocycles. The Morgan fingerprint density at radius 1 is 1.30 bits per heavy atom. The van der Waals surface area contributed by atoms with Gasteiger partial charge < -0.3 is 14.8 Å². The Balaban J connectivity index is 1.72. The van der Waals surface area contributed by atoms with E-state index in [1.807, 2.05) is 18.2 Å². The molecule has 0 aliphatic heterocycles. The number of rotatable bonds is 7. The highest BCUT2D eigenvalue weighted by Crippen LogP contribution is 2.20. The standard InChI is InChI=1S/C16H23NO3/c1-19-16(18)15-9-5-2-6-13(15)12-17-10-11-20-14-7-3-4-8-14/h2,5-6,9,14,17H,3-4,7-8,10-12H2,1H3. The van der Waals surface area contributed by atoms with Crippen molar-refractivity contribution in [2.24, 2.45) is 0 Å². The second-order valence-electron chi connectivity index (χ2n) is 5.10. The average molecular weight is 277 g/mol. The number of ether oxygens (including phenoxy) is 2. The van der Waals surface area contributed by atoms with Crippen molar-refractivity contribution in [3.63, 3.8) is 0 Å². The first-order valence-electron chi connectivity index (χ1n) is 7.30. The number of hydrogen-bond acceptors (Lipinski definition) is 4. The van der Waals surface area contributed by atoms with Crippen LogP contribution in [0.25, 0.3) is 0 Å². The van der Waals surface area contributed by atoms with E-state index in [2.05, 4.69) is 5.32 Å². The van der Waals surface area contributed by atoms with Gasteiger partial charge in [0.1, 0.15) is 0 Å². The predicted molar refractivity (Wildman–Crippen MR) is 77.7 cm³/mol. The van der Waals surface area contributed by atoms with Crippen LogP contribution in [0, 0.1) is 0 Å². The Labute approximate surface area is 120 Å². The molecule has 1 aliphatic rings. The monoisotopic (exact) mass is 277 g/mol. The van der Waals surface area contributed by atoms with Gasteiger partial charge in [0.25, 0.3) is 0 Å². The molecule has 0 saturated heterocycles. The summed E-state index contributed by atoms with van der Waals surface area (Å²) < 4.78 is 10.6. The summed E-state index contributed by atoms with van der Waals surface area (Å²) >= 11 is 0. The van der Waals surface area contributed by atoms with E-state index in [1.165, 1.54) is 32.8 Å². The second-order valence-corrected chi connectivity index (χ2v) is 5.10. The molecule has 0 atom stereocenters. The molecule has 0 aromatic heterocycles. The van der Waals surface area contributed by atoms with Crippen LogP contribution in [0.5, 0.6) is 0 Å². The van der Waals surface area contributed by atoms with E-state index in [0.717, 1.165) is 18.7 Å². The van der Waals surface area contributed by atoms with Crippen molar-refractivity contribution in [1.29, 1.82) is 0 Å². The molecule has 110 valence electrons. The van der Waals surface area contributed by atoms with Crippen molar-refractivity contribution in [3.8, 4) is 0 Å². The minimum absolute atomic E-state index is 0.287. The van der Waals surface area contributed by atoms with E-state index in [-0.39, 0.29) is 5.97 Å². The van der Waals surface area contributed by atoms with E-state index >= 15 is 0 Å². The summed E-state index contributed by atoms with van der Waals surface area (Å²) in [5.41, 5.74) is 1.58. The molecule has 1 aromatic carbocycles. The summed E-state index contributed by atoms with van der Waals surface area (Å²) in [6, 6.07) is 7.51. The molecule has 1 fully saturated rings. The maximum absolute atomic E-state index is 11.6. The molecule has 1 N–H and O–H groups in total. The summed E-state index contributed by atoms with van der Waals surface area (Å²) in [5.74, 6) is -0.287. The van der Waals surface area contributed by atoms with Gasteiger partial charge in [-0.15, -0.1) is 0 Å². The van der Waals surface area contributed by atoms with Crippen molar-refractivity contribution in [2.75, 3.05) is 20.3 Å². The third kappa shape index (κ3) is 4.32. The normalized spacial score (nSPS) is 15.4. The first-order valence-corrected chi connectivity index (χ1v) is 7.30. The summed E-state index contributed by atoms with van der Waals surface area (Å²) in [7, 11) is 1.40. The lowest BCUT2D eigenvalue weighted by Crippen LogP contribution is -2.23. The van der Waals surface area contributed by atoms with Gasteiger partial charge in [-0.05, 0) is 24.5 Å². The SMILES string of the molecule is COC(=O)c1ccccc1CNCCOC1CCCC1. The molecular formula is C16H23NO3. The summed E-state index contributed by atoms with van der Waals surface area (Å²) in [6.07, 6.45) is 5.45. The van der Waals surface area contributed by atoms with Gasteiger partial charge in [-0.25, -0.2) is 4.79 Å². The minimum atomic E-state index is -0.287. The quantitative estimate of drug-likeness (QED) is 0.614. The van der Waals surface area contributed by atoms with Crippen LogP contribution in [0.3, 0.4) is 0 Å². The zero-order chi connectivity index (χ0) is 14.2. The third-order valence-corrected chi connectivity index (χ3v) is 3.67. The first kappa shape index (κ1) is 15.0. The third-order valence-electron chi connectivity index (χ3n) is 3.67. The van der Waals surface area contributed by atoms with Crippen molar-refractivity contribution in [2.45, 2.75) is 38.3 Å². The number of benzene rings is 1. The van der Waals surface area contributed by atoms with Gasteiger partial charge in [0.15, 0.2) is 0 Å². The van der Waals surface area contributed by atoms with Crippen LogP contribution in [0.15, 0.2) is 24.3 Å². The zero-order valence-electron chi connectivity index (χ0n) is 12.1. The van der Waals surface area contributed by atoms with Gasteiger partial charge in [0.2, 0.25) is 0 Å². The summed E-state index contributed by atoms with van der Waals surface area (Å²) in [5, 5.41) is 3.31. The first-order chi connectivity index (χ1) is 9.81. The molecule has 0 heterocycles. The van der Waals surface area contributed by atoms with Crippen LogP contribution in [0.1, 0.15) is 41.6 Å². The minimum Gasteiger partial charge on any atom is -0.465 e. The van der Waals surface area contributed by atoms with Crippen molar-refractivity contribution in [1.82, 2.24) is 5.32 Å². The largest absolute Gasteiger partial charge is 0.465 e. The summed E-state index contributed by atoms with van der Waals surface area (Å²) in [4.78, 5) is 11.6. The highest BCUT2D eigenvalue weighted by atomic mass is 16.5. The average Bonchev–Trinajstić information content (AvgIpc) is 3.00. The zero-order valence-corrected chi connectivity index (χ0v) is 12.1. The number of esters is 1. The fraction of sp³-hybridized carbons (Fsp3) is 0.562. The van der Waals surface area contributed by atoms with Gasteiger partial charge in [-0.1, -0.05) is 31.0 Å². The maximum Gasteiger partial charge on any atom is 0.338 e. The van der Waals surface area contributed by atoms with Gasteiger partial charge in [-0.2, -0.15) is 0 Å². The van der Waals surface area contributed by atoms with E-state index < -0.39 is 0 Å². The second kappa shape index (κ2) is 8.02. The molecule has 0 amide bonds. The molecule has 0 bridgehead atoms. The highest BCUT2D eigenvalue weighted by Gasteiger charge is 2.14. The molecule has 1 aromatic rings. The molecule has 2 rings (SSSR count). The van der Waals surface area contributed by atoms with Gasteiger partial charge >= 0.3 is 5.97 Å². The molecular weight excluding hydrogens is 254 g/mol. The molecule has 0 spiro atoms. The van der Waals surface area contributed by atoms with Gasteiger partial charge in [-0.3, -0.25) is 0 Å². The molecule has 4 nitrogen and oxygen atoms in total. The molecule has 4 heteroatoms. The van der Waals surface area contributed by atoms with E-state index in [9.17, 15) is 4.79 Å². The topological polar surface area (TPSA) is 47.6 Å². The van der Waals surface area contributed by atoms with E-state index in [1.54, 1.807) is 6.07 Å². The van der Waals surface area contributed by atoms with E-state index in [4.69, 9.17) is 9.47 Å². The predicted octanol–water partition coefficient (Wildman–Crippen LogP) is 2.52. The van der Waals surface area contributed by atoms with Crippen molar-refractivity contribution in [3.05, 3.63) is 35.4 Å². The van der Waals surface area contributed by atoms with Crippen LogP contribution < -0.4 is 5.32 Å². The van der Waals surface area contributed by atoms with Crippen LogP contribution in [-0.2, 0) is 16.0 Å². The Kier molecular flexibility index (Phi) is 6.02. The Bertz CT molecular complexity index is 427. The van der Waals surface area contributed by atoms with E-state index in [0.29, 0.717) is 18.2 Å². The highest BCUT2D eigenvalue weighted by molar-refractivity contribution is 5.90. The number of carbonyl (C=O) groups is 1. The number of hydrogen-bond donors (Lipinski definition) is 1. The van der Waals surface area contributed by atoms with Crippen LogP contribution in [0.2, 0.25) is 0 Å². The van der Waals surface area contributed by atoms with Gasteiger partial charge in [0.05, 0.1) is 25.4 Å². The number of methoxy groups -OCH3 is 1. The van der Waals surface area contributed by atoms with Crippen molar-refractivity contribution < 1.29 is 14.3 Å². The fourth-order valence-corrected chi connectivity index (χ4v) is 2.56. The van der Waals surface area contributed by atoms with Crippen LogP contribution in [-0.4, -0.2) is 32.3 Å². The maximum atomic E-state index is 11.6. The van der Waals surface area contributed by atoms with Crippen LogP contribution in [0.4, 0.5) is 0 Å². The Morgan fingerprint density at radius 3 is 2.80 bits per heavy atom. The van der Waals surface area contributed by atoms with Crippen molar-refractivity contribution >= 4 is 5.97 Å². The van der Waals surface area contributed by atoms with Crippen LogP contribution >= 0.6 is 0 Å². The van der Waals surface area contributed by atoms with Gasteiger partial charge in [0, 0.05) is 13.1 Å². The Hall–Kier alpha value is -1.39. The fourth-order valence-electron chi connectivity index (χ4n) is 2.56.